The predicted molar refractivity (Wildman–Crippen MR) is 67.6 cm³/mol. The van der Waals surface area contributed by atoms with Crippen LogP contribution in [0.1, 0.15) is 24.2 Å². The van der Waals surface area contributed by atoms with Crippen molar-refractivity contribution < 1.29 is 18.7 Å². The van der Waals surface area contributed by atoms with Crippen molar-refractivity contribution >= 4 is 11.7 Å². The molecule has 1 aromatic rings. The summed E-state index contributed by atoms with van der Waals surface area (Å²) >= 11 is 0. The molecule has 0 saturated carbocycles. The summed E-state index contributed by atoms with van der Waals surface area (Å²) in [5, 5.41) is 12.0. The minimum Gasteiger partial charge on any atom is -0.478 e. The van der Waals surface area contributed by atoms with Crippen LogP contribution in [0.2, 0.25) is 0 Å². The number of carboxylic acids is 1. The number of nitrogens with one attached hydrogen (secondary N) is 1. The molecule has 1 aliphatic rings. The summed E-state index contributed by atoms with van der Waals surface area (Å²) in [6.07, 6.45) is 0. The molecule has 1 fully saturated rings. The van der Waals surface area contributed by atoms with Crippen LogP contribution in [-0.2, 0) is 0 Å². The molecule has 104 valence electrons. The Kier molecular flexibility index (Phi) is 3.71. The van der Waals surface area contributed by atoms with Crippen molar-refractivity contribution in [3.05, 3.63) is 29.3 Å². The highest BCUT2D eigenvalue weighted by molar-refractivity contribution is 5.88. The van der Waals surface area contributed by atoms with Gasteiger partial charge in [-0.1, -0.05) is 0 Å². The number of halogens is 2. The number of hydrogen-bond acceptors (Lipinski definition) is 3. The van der Waals surface area contributed by atoms with Gasteiger partial charge in [-0.25, -0.2) is 13.6 Å². The van der Waals surface area contributed by atoms with E-state index in [4.69, 9.17) is 5.11 Å². The van der Waals surface area contributed by atoms with Gasteiger partial charge in [0.25, 0.3) is 0 Å². The number of carboxylic acid groups (broad SMARTS) is 1. The van der Waals surface area contributed by atoms with Gasteiger partial charge < -0.3 is 15.3 Å². The molecule has 0 spiro atoms. The maximum Gasteiger partial charge on any atom is 0.338 e. The van der Waals surface area contributed by atoms with Crippen LogP contribution in [0.25, 0.3) is 0 Å². The lowest BCUT2D eigenvalue weighted by Crippen LogP contribution is -2.54. The standard InChI is InChI=1S/C13H16F2N2O2/c1-7-6-17(8(2)5-16-7)10-4-3-9(13(18)19)11(14)12(10)15/h3-4,7-8,16H,5-6H2,1-2H3,(H,18,19). The van der Waals surface area contributed by atoms with Gasteiger partial charge in [-0.05, 0) is 26.0 Å². The molecule has 1 saturated heterocycles. The molecule has 2 unspecified atom stereocenters. The Morgan fingerprint density at radius 2 is 2.05 bits per heavy atom. The van der Waals surface area contributed by atoms with E-state index in [2.05, 4.69) is 5.32 Å². The van der Waals surface area contributed by atoms with Crippen molar-refractivity contribution in [3.63, 3.8) is 0 Å². The first-order chi connectivity index (χ1) is 8.91. The molecule has 6 heteroatoms. The number of carbonyl (C=O) groups is 1. The third kappa shape index (κ3) is 2.53. The minimum absolute atomic E-state index is 0.0146. The van der Waals surface area contributed by atoms with E-state index >= 15 is 0 Å². The summed E-state index contributed by atoms with van der Waals surface area (Å²) in [4.78, 5) is 12.5. The highest BCUT2D eigenvalue weighted by Gasteiger charge is 2.27. The molecule has 2 atom stereocenters. The lowest BCUT2D eigenvalue weighted by Gasteiger charge is -2.39. The number of nitrogens with zero attached hydrogens (tertiary/aromatic N) is 1. The van der Waals surface area contributed by atoms with Crippen molar-refractivity contribution in [2.75, 3.05) is 18.0 Å². The predicted octanol–water partition coefficient (Wildman–Crippen LogP) is 1.85. The Balaban J connectivity index is 2.40. The fourth-order valence-corrected chi connectivity index (χ4v) is 2.28. The average Bonchev–Trinajstić information content (AvgIpc) is 2.35. The van der Waals surface area contributed by atoms with Crippen molar-refractivity contribution in [1.29, 1.82) is 0 Å². The Labute approximate surface area is 110 Å². The lowest BCUT2D eigenvalue weighted by atomic mass is 10.1. The second-order valence-electron chi connectivity index (χ2n) is 4.88. The molecule has 2 rings (SSSR count). The third-order valence-corrected chi connectivity index (χ3v) is 3.37. The van der Waals surface area contributed by atoms with Gasteiger partial charge in [0.2, 0.25) is 0 Å². The van der Waals surface area contributed by atoms with E-state index in [0.717, 1.165) is 6.07 Å². The van der Waals surface area contributed by atoms with Crippen molar-refractivity contribution in [2.24, 2.45) is 0 Å². The van der Waals surface area contributed by atoms with Crippen LogP contribution in [0.5, 0.6) is 0 Å². The first-order valence-electron chi connectivity index (χ1n) is 6.13. The van der Waals surface area contributed by atoms with E-state index < -0.39 is 23.2 Å². The number of rotatable bonds is 2. The molecule has 0 bridgehead atoms. The van der Waals surface area contributed by atoms with Gasteiger partial charge in [0.1, 0.15) is 0 Å². The third-order valence-electron chi connectivity index (χ3n) is 3.37. The van der Waals surface area contributed by atoms with Crippen LogP contribution in [0.3, 0.4) is 0 Å². The van der Waals surface area contributed by atoms with Crippen LogP contribution in [0.15, 0.2) is 12.1 Å². The SMILES string of the molecule is CC1CN(c2ccc(C(=O)O)c(F)c2F)C(C)CN1. The molecule has 0 aliphatic carbocycles. The fourth-order valence-electron chi connectivity index (χ4n) is 2.28. The minimum atomic E-state index is -1.47. The molecule has 0 radical (unpaired) electrons. The largest absolute Gasteiger partial charge is 0.478 e. The summed E-state index contributed by atoms with van der Waals surface area (Å²) in [5.74, 6) is -3.87. The lowest BCUT2D eigenvalue weighted by molar-refractivity contribution is 0.0690. The van der Waals surface area contributed by atoms with Gasteiger partial charge >= 0.3 is 5.97 Å². The van der Waals surface area contributed by atoms with Crippen LogP contribution >= 0.6 is 0 Å². The number of benzene rings is 1. The van der Waals surface area contributed by atoms with Gasteiger partial charge in [-0.15, -0.1) is 0 Å². The summed E-state index contributed by atoms with van der Waals surface area (Å²) < 4.78 is 27.7. The second kappa shape index (κ2) is 5.13. The van der Waals surface area contributed by atoms with Crippen LogP contribution in [0, 0.1) is 11.6 Å². The van der Waals surface area contributed by atoms with Gasteiger partial charge in [-0.3, -0.25) is 0 Å². The van der Waals surface area contributed by atoms with E-state index in [9.17, 15) is 13.6 Å². The summed E-state index contributed by atoms with van der Waals surface area (Å²) in [6.45, 7) is 5.08. The zero-order valence-electron chi connectivity index (χ0n) is 10.8. The Morgan fingerprint density at radius 1 is 1.37 bits per heavy atom. The van der Waals surface area contributed by atoms with E-state index in [0.29, 0.717) is 13.1 Å². The average molecular weight is 270 g/mol. The van der Waals surface area contributed by atoms with Crippen molar-refractivity contribution in [2.45, 2.75) is 25.9 Å². The highest BCUT2D eigenvalue weighted by Crippen LogP contribution is 2.27. The Hall–Kier alpha value is -1.69. The van der Waals surface area contributed by atoms with Crippen molar-refractivity contribution in [3.8, 4) is 0 Å². The van der Waals surface area contributed by atoms with Gasteiger partial charge in [0.15, 0.2) is 11.6 Å². The van der Waals surface area contributed by atoms with Gasteiger partial charge in [0, 0.05) is 25.2 Å². The van der Waals surface area contributed by atoms with Crippen LogP contribution in [-0.4, -0.2) is 36.2 Å². The van der Waals surface area contributed by atoms with E-state index in [1.54, 1.807) is 4.90 Å². The van der Waals surface area contributed by atoms with E-state index in [-0.39, 0.29) is 17.8 Å². The zero-order chi connectivity index (χ0) is 14.2. The van der Waals surface area contributed by atoms with Gasteiger partial charge in [0.05, 0.1) is 11.3 Å². The fraction of sp³-hybridized carbons (Fsp3) is 0.462. The molecular weight excluding hydrogens is 254 g/mol. The molecule has 19 heavy (non-hydrogen) atoms. The number of hydrogen-bond donors (Lipinski definition) is 2. The summed E-state index contributed by atoms with van der Waals surface area (Å²) in [5.41, 5.74) is -0.527. The smallest absolute Gasteiger partial charge is 0.338 e. The van der Waals surface area contributed by atoms with Crippen LogP contribution in [0.4, 0.5) is 14.5 Å². The quantitative estimate of drug-likeness (QED) is 0.861. The topological polar surface area (TPSA) is 52.6 Å². The number of aromatic carboxylic acids is 1. The molecule has 1 aliphatic heterocycles. The van der Waals surface area contributed by atoms with E-state index in [1.807, 2.05) is 13.8 Å². The number of piperazine rings is 1. The molecule has 1 heterocycles. The first-order valence-corrected chi connectivity index (χ1v) is 6.13. The zero-order valence-corrected chi connectivity index (χ0v) is 10.8. The monoisotopic (exact) mass is 270 g/mol. The van der Waals surface area contributed by atoms with Crippen LogP contribution < -0.4 is 10.2 Å². The molecule has 0 aromatic heterocycles. The highest BCUT2D eigenvalue weighted by atomic mass is 19.2. The molecule has 4 nitrogen and oxygen atoms in total. The maximum absolute atomic E-state index is 14.0. The van der Waals surface area contributed by atoms with Crippen molar-refractivity contribution in [1.82, 2.24) is 5.32 Å². The van der Waals surface area contributed by atoms with Gasteiger partial charge in [-0.2, -0.15) is 0 Å². The normalized spacial score (nSPS) is 23.5. The molecule has 0 amide bonds. The number of anilines is 1. The molecular formula is C13H16F2N2O2. The summed E-state index contributed by atoms with van der Waals surface area (Å²) in [7, 11) is 0. The molecule has 2 N–H and O–H groups in total. The molecule has 1 aromatic carbocycles. The summed E-state index contributed by atoms with van der Waals surface area (Å²) in [6, 6.07) is 2.62. The Morgan fingerprint density at radius 3 is 2.68 bits per heavy atom. The second-order valence-corrected chi connectivity index (χ2v) is 4.88. The Bertz CT molecular complexity index is 508. The maximum atomic E-state index is 14.0. The first kappa shape index (κ1) is 13.7. The van der Waals surface area contributed by atoms with E-state index in [1.165, 1.54) is 6.07 Å².